The first-order valence-corrected chi connectivity index (χ1v) is 19.8. The zero-order valence-electron chi connectivity index (χ0n) is 31.6. The van der Waals surface area contributed by atoms with Gasteiger partial charge < -0.3 is 28.1 Å². The van der Waals surface area contributed by atoms with Crippen molar-refractivity contribution in [3.05, 3.63) is 11.6 Å². The van der Waals surface area contributed by atoms with Crippen LogP contribution < -0.4 is 4.90 Å². The number of fused-ring (bicyclic) bond motifs is 1. The molecule has 0 bridgehead atoms. The van der Waals surface area contributed by atoms with Crippen molar-refractivity contribution in [1.82, 2.24) is 19.5 Å². The molecule has 0 radical (unpaired) electrons. The van der Waals surface area contributed by atoms with E-state index in [2.05, 4.69) is 48.8 Å². The quantitative estimate of drug-likeness (QED) is 0.0838. The second-order valence-corrected chi connectivity index (χ2v) is 20.9. The Labute approximate surface area is 299 Å². The molecule has 2 amide bonds. The fourth-order valence-corrected chi connectivity index (χ4v) is 6.32. The third kappa shape index (κ3) is 9.78. The van der Waals surface area contributed by atoms with E-state index in [1.165, 1.54) is 13.3 Å². The highest BCUT2D eigenvalue weighted by Crippen LogP contribution is 2.45. The number of Topliss-reactive ketones (excluding diaryl/α,β-unsaturated/α-hetero) is 1. The largest absolute Gasteiger partial charge is 0.464 e. The number of hydrogen-bond donors (Lipinski definition) is 0. The van der Waals surface area contributed by atoms with Gasteiger partial charge in [0.2, 0.25) is 11.4 Å². The molecule has 2 aromatic heterocycles. The summed E-state index contributed by atoms with van der Waals surface area (Å²) in [6.07, 6.45) is -4.21. The molecule has 15 nitrogen and oxygen atoms in total. The minimum atomic E-state index is -2.44. The van der Waals surface area contributed by atoms with Crippen LogP contribution in [0.2, 0.25) is 23.4 Å². The summed E-state index contributed by atoms with van der Waals surface area (Å²) in [6, 6.07) is 0. The summed E-state index contributed by atoms with van der Waals surface area (Å²) in [6.45, 7) is 25.3. The molecule has 1 saturated heterocycles. The number of carbonyl (C=O) groups excluding carboxylic acids is 4. The predicted molar refractivity (Wildman–Crippen MR) is 187 cm³/mol. The van der Waals surface area contributed by atoms with E-state index in [9.17, 15) is 19.2 Å². The van der Waals surface area contributed by atoms with Crippen molar-refractivity contribution < 1.29 is 47.3 Å². The number of amides is 2. The number of imide groups is 1. The Morgan fingerprint density at radius 2 is 1.56 bits per heavy atom. The Morgan fingerprint density at radius 1 is 1.00 bits per heavy atom. The molecule has 3 rings (SSSR count). The maximum atomic E-state index is 13.5. The van der Waals surface area contributed by atoms with Crippen LogP contribution in [0.4, 0.5) is 15.4 Å². The topological polar surface area (TPSA) is 171 Å². The summed E-state index contributed by atoms with van der Waals surface area (Å²) in [7, 11) is -2.44. The van der Waals surface area contributed by atoms with Crippen LogP contribution in [0.5, 0.6) is 0 Å². The monoisotopic (exact) mass is 741 g/mol. The van der Waals surface area contributed by atoms with Crippen molar-refractivity contribution in [3.8, 4) is 0 Å². The van der Waals surface area contributed by atoms with Crippen LogP contribution in [0.25, 0.3) is 11.2 Å². The number of ketones is 1. The van der Waals surface area contributed by atoms with E-state index in [1.54, 1.807) is 53.0 Å². The van der Waals surface area contributed by atoms with Crippen LogP contribution in [-0.4, -0.2) is 94.5 Å². The number of esters is 1. The van der Waals surface area contributed by atoms with Gasteiger partial charge in [-0.2, -0.15) is 14.9 Å². The SMILES string of the molecule is CCOC(=O)C(OC[C@H]1O[C@@H](n2cnc3c(N(C(=O)OC(C)(C)C)C(=O)OC(C)(C)C)nc(Cl)nc32)[C@H](O[Si](C)(C)C(C)(C)C)[C@@H]1C)C(C)=O. The van der Waals surface area contributed by atoms with E-state index >= 15 is 0 Å². The van der Waals surface area contributed by atoms with Gasteiger partial charge in [0.15, 0.2) is 37.3 Å². The minimum Gasteiger partial charge on any atom is -0.464 e. The number of rotatable bonds is 10. The number of nitrogens with zero attached hydrogens (tertiary/aromatic N) is 5. The maximum Gasteiger partial charge on any atom is 0.425 e. The lowest BCUT2D eigenvalue weighted by Gasteiger charge is -2.40. The third-order valence-electron chi connectivity index (χ3n) is 8.25. The predicted octanol–water partition coefficient (Wildman–Crippen LogP) is 6.62. The maximum absolute atomic E-state index is 13.5. The number of imidazole rings is 1. The highest BCUT2D eigenvalue weighted by Gasteiger charge is 2.50. The van der Waals surface area contributed by atoms with Crippen LogP contribution in [0, 0.1) is 5.92 Å². The molecule has 0 spiro atoms. The highest BCUT2D eigenvalue weighted by atomic mass is 35.5. The van der Waals surface area contributed by atoms with Crippen LogP contribution in [0.1, 0.15) is 89.3 Å². The molecule has 5 atom stereocenters. The molecule has 0 aromatic carbocycles. The minimum absolute atomic E-state index is 0.0344. The van der Waals surface area contributed by atoms with Crippen molar-refractivity contribution in [3.63, 3.8) is 0 Å². The van der Waals surface area contributed by atoms with E-state index < -0.39 is 68.0 Å². The van der Waals surface area contributed by atoms with Crippen molar-refractivity contribution in [2.24, 2.45) is 5.92 Å². The molecule has 0 aliphatic carbocycles. The molecule has 1 unspecified atom stereocenters. The number of hydrogen-bond acceptors (Lipinski definition) is 13. The summed E-state index contributed by atoms with van der Waals surface area (Å²) in [5.41, 5.74) is -1.78. The average molecular weight is 742 g/mol. The average Bonchev–Trinajstić information content (AvgIpc) is 3.46. The molecule has 1 aliphatic heterocycles. The molecule has 0 saturated carbocycles. The van der Waals surface area contributed by atoms with Gasteiger partial charge in [0, 0.05) is 5.92 Å². The Hall–Kier alpha value is -3.18. The Kier molecular flexibility index (Phi) is 12.5. The van der Waals surface area contributed by atoms with Gasteiger partial charge in [-0.15, -0.1) is 0 Å². The number of halogens is 1. The summed E-state index contributed by atoms with van der Waals surface area (Å²) in [5, 5.41) is -0.468. The lowest BCUT2D eigenvalue weighted by Crippen LogP contribution is -2.47. The van der Waals surface area contributed by atoms with E-state index in [4.69, 9.17) is 39.7 Å². The van der Waals surface area contributed by atoms with Crippen LogP contribution in [-0.2, 0) is 37.7 Å². The fraction of sp³-hybridized carbons (Fsp3) is 0.727. The highest BCUT2D eigenvalue weighted by molar-refractivity contribution is 6.74. The molecule has 1 fully saturated rings. The first-order valence-electron chi connectivity index (χ1n) is 16.6. The van der Waals surface area contributed by atoms with Gasteiger partial charge in [0.1, 0.15) is 11.2 Å². The van der Waals surface area contributed by atoms with E-state index in [1.807, 2.05) is 6.92 Å². The summed E-state index contributed by atoms with van der Waals surface area (Å²) < 4.78 is 37.0. The van der Waals surface area contributed by atoms with Crippen molar-refractivity contribution in [2.45, 2.75) is 137 Å². The second-order valence-electron chi connectivity index (χ2n) is 15.8. The molecule has 17 heteroatoms. The molecule has 0 N–H and O–H groups in total. The van der Waals surface area contributed by atoms with Gasteiger partial charge in [-0.05, 0) is 85.1 Å². The number of ether oxygens (including phenoxy) is 5. The molecule has 280 valence electrons. The molecule has 1 aliphatic rings. The lowest BCUT2D eigenvalue weighted by molar-refractivity contribution is -0.164. The van der Waals surface area contributed by atoms with Gasteiger partial charge in [-0.1, -0.05) is 27.7 Å². The Balaban J connectivity index is 2.16. The zero-order valence-corrected chi connectivity index (χ0v) is 33.3. The van der Waals surface area contributed by atoms with Crippen molar-refractivity contribution in [1.29, 1.82) is 0 Å². The molecule has 3 heterocycles. The van der Waals surface area contributed by atoms with Gasteiger partial charge in [-0.25, -0.2) is 19.4 Å². The van der Waals surface area contributed by atoms with Crippen molar-refractivity contribution >= 4 is 60.8 Å². The van der Waals surface area contributed by atoms with Gasteiger partial charge in [0.25, 0.3) is 0 Å². The Bertz CT molecular complexity index is 1550. The summed E-state index contributed by atoms with van der Waals surface area (Å²) >= 11 is 6.45. The number of anilines is 1. The standard InChI is InChI=1S/C33H52ClN5O10Si/c1-15-44-27(41)23(19(3)40)45-16-20-18(2)22(49-50(13,14)33(10,11)12)26(46-20)38-17-35-21-24(38)36-28(34)37-25(21)39(29(42)47-31(4,5)6)30(43)48-32(7,8)9/h17-18,20,22-23,26H,15-16H2,1-14H3/t18-,20-,22-,23?,26-/m1/s1. The summed E-state index contributed by atoms with van der Waals surface area (Å²) in [4.78, 5) is 65.6. The second kappa shape index (κ2) is 15.2. The van der Waals surface area contributed by atoms with Gasteiger partial charge >= 0.3 is 18.2 Å². The normalized spacial score (nSPS) is 20.8. The number of aromatic nitrogens is 4. The van der Waals surface area contributed by atoms with Gasteiger partial charge in [0.05, 0.1) is 31.7 Å². The first kappa shape index (κ1) is 41.2. The smallest absolute Gasteiger partial charge is 0.425 e. The Morgan fingerprint density at radius 3 is 2.04 bits per heavy atom. The zero-order chi connectivity index (χ0) is 38.1. The van der Waals surface area contributed by atoms with Gasteiger partial charge in [-0.3, -0.25) is 9.36 Å². The van der Waals surface area contributed by atoms with Crippen LogP contribution in [0.3, 0.4) is 0 Å². The third-order valence-corrected chi connectivity index (χ3v) is 12.9. The first-order chi connectivity index (χ1) is 22.8. The number of carbonyl (C=O) groups is 4. The molecule has 50 heavy (non-hydrogen) atoms. The molecular weight excluding hydrogens is 690 g/mol. The van der Waals surface area contributed by atoms with E-state index in [0.717, 1.165) is 0 Å². The molecular formula is C33H52ClN5O10Si. The molecule has 2 aromatic rings. The van der Waals surface area contributed by atoms with Crippen LogP contribution >= 0.6 is 11.6 Å². The summed E-state index contributed by atoms with van der Waals surface area (Å²) in [5.74, 6) is -1.86. The van der Waals surface area contributed by atoms with Crippen molar-refractivity contribution in [2.75, 3.05) is 18.1 Å². The van der Waals surface area contributed by atoms with Crippen LogP contribution in [0.15, 0.2) is 6.33 Å². The fourth-order valence-electron chi connectivity index (χ4n) is 4.79. The van der Waals surface area contributed by atoms with E-state index in [-0.39, 0.29) is 46.4 Å². The lowest BCUT2D eigenvalue weighted by atomic mass is 10.0. The van der Waals surface area contributed by atoms with E-state index in [0.29, 0.717) is 4.90 Å².